The number of hydrogen-bond acceptors (Lipinski definition) is 2. The molecule has 2 aromatic rings. The normalized spacial score (nSPS) is 15.5. The summed E-state index contributed by atoms with van der Waals surface area (Å²) in [6.45, 7) is 4.47. The topological polar surface area (TPSA) is 50.9 Å². The molecule has 0 saturated carbocycles. The van der Waals surface area contributed by atoms with Crippen molar-refractivity contribution in [3.05, 3.63) is 53.5 Å². The van der Waals surface area contributed by atoms with E-state index in [1.165, 1.54) is 12.1 Å². The largest absolute Gasteiger partial charge is 0.419 e. The van der Waals surface area contributed by atoms with Gasteiger partial charge >= 0.3 is 6.18 Å². The van der Waals surface area contributed by atoms with Crippen LogP contribution in [0.4, 0.5) is 29.1 Å². The number of hydrogen-bond donors (Lipinski definition) is 2. The van der Waals surface area contributed by atoms with Gasteiger partial charge in [0.05, 0.1) is 5.56 Å². The van der Waals surface area contributed by atoms with Gasteiger partial charge in [-0.2, -0.15) is 13.2 Å². The van der Waals surface area contributed by atoms with E-state index in [-0.39, 0.29) is 18.3 Å². The number of piperazine rings is 1. The first-order chi connectivity index (χ1) is 13.2. The summed E-state index contributed by atoms with van der Waals surface area (Å²) in [6.07, 6.45) is -3.41. The molecule has 1 aliphatic rings. The van der Waals surface area contributed by atoms with Crippen molar-refractivity contribution in [1.82, 2.24) is 0 Å². The average molecular weight is 398 g/mol. The van der Waals surface area contributed by atoms with E-state index in [1.807, 2.05) is 4.90 Å². The minimum Gasteiger partial charge on any atom is -0.321 e. The Kier molecular flexibility index (Phi) is 5.83. The molecule has 1 aromatic carbocycles. The number of aromatic nitrogens is 1. The van der Waals surface area contributed by atoms with Crippen LogP contribution in [0.2, 0.25) is 0 Å². The minimum absolute atomic E-state index is 0.201. The Morgan fingerprint density at radius 3 is 2.50 bits per heavy atom. The molecule has 1 amide bonds. The van der Waals surface area contributed by atoms with Gasteiger partial charge in [-0.1, -0.05) is 6.07 Å². The summed E-state index contributed by atoms with van der Waals surface area (Å²) >= 11 is 0. The zero-order chi connectivity index (χ0) is 20.3. The molecule has 0 bridgehead atoms. The fourth-order valence-electron chi connectivity index (χ4n) is 3.13. The number of rotatable bonds is 4. The van der Waals surface area contributed by atoms with Gasteiger partial charge in [0, 0.05) is 11.8 Å². The fraction of sp³-hybridized carbons (Fsp3) is 0.368. The molecule has 0 radical (unpaired) electrons. The summed E-state index contributed by atoms with van der Waals surface area (Å²) in [4.78, 5) is 17.9. The molecule has 0 unspecified atom stereocenters. The third-order valence-electron chi connectivity index (χ3n) is 4.80. The highest BCUT2D eigenvalue weighted by molar-refractivity contribution is 5.91. The lowest BCUT2D eigenvalue weighted by molar-refractivity contribution is -0.892. The molecule has 9 heteroatoms. The van der Waals surface area contributed by atoms with Gasteiger partial charge in [-0.25, -0.2) is 9.37 Å². The second kappa shape index (κ2) is 8.14. The summed E-state index contributed by atoms with van der Waals surface area (Å²) in [5, 5.41) is 2.69. The van der Waals surface area contributed by atoms with Crippen LogP contribution in [0, 0.1) is 12.7 Å². The van der Waals surface area contributed by atoms with Gasteiger partial charge in [0.1, 0.15) is 38.2 Å². The average Bonchev–Trinajstić information content (AvgIpc) is 2.65. The molecule has 1 aliphatic heterocycles. The maximum absolute atomic E-state index is 13.6. The fourth-order valence-corrected chi connectivity index (χ4v) is 3.13. The number of benzene rings is 1. The van der Waals surface area contributed by atoms with Crippen molar-refractivity contribution < 1.29 is 32.2 Å². The van der Waals surface area contributed by atoms with Crippen LogP contribution >= 0.6 is 0 Å². The van der Waals surface area contributed by atoms with Gasteiger partial charge in [0.25, 0.3) is 11.7 Å². The molecule has 1 fully saturated rings. The number of quaternary nitrogens is 1. The number of pyridine rings is 1. The molecule has 1 saturated heterocycles. The predicted molar refractivity (Wildman–Crippen MR) is 95.5 cm³/mol. The monoisotopic (exact) mass is 398 g/mol. The van der Waals surface area contributed by atoms with Gasteiger partial charge in [-0.3, -0.25) is 9.69 Å². The molecule has 1 aromatic heterocycles. The first kappa shape index (κ1) is 20.1. The second-order valence-electron chi connectivity index (χ2n) is 6.89. The molecule has 0 aliphatic carbocycles. The molecule has 2 heterocycles. The van der Waals surface area contributed by atoms with Crippen LogP contribution < -0.4 is 20.1 Å². The van der Waals surface area contributed by atoms with Crippen molar-refractivity contribution in [3.63, 3.8) is 0 Å². The second-order valence-corrected chi connectivity index (χ2v) is 6.89. The lowest BCUT2D eigenvalue weighted by Crippen LogP contribution is -3.15. The van der Waals surface area contributed by atoms with E-state index in [4.69, 9.17) is 0 Å². The number of alkyl halides is 3. The van der Waals surface area contributed by atoms with Crippen LogP contribution in [0.15, 0.2) is 36.5 Å². The first-order valence-corrected chi connectivity index (χ1v) is 8.96. The number of H-pyrrole nitrogens is 1. The molecular weight excluding hydrogens is 376 g/mol. The van der Waals surface area contributed by atoms with Crippen molar-refractivity contribution in [3.8, 4) is 0 Å². The molecule has 0 atom stereocenters. The number of anilines is 2. The standard InChI is InChI=1S/C19H20F4N4O/c1-13-2-4-15(10-16(13)20)25-18(28)12-26-6-8-27(9-7-26)17-5-3-14(11-24-17)19(21,22)23/h2-5,10-11H,6-9,12H2,1H3,(H,25,28)/p+2. The summed E-state index contributed by atoms with van der Waals surface area (Å²) < 4.78 is 51.5. The molecule has 3 N–H and O–H groups in total. The summed E-state index contributed by atoms with van der Waals surface area (Å²) in [5.74, 6) is 0.0472. The molecule has 0 spiro atoms. The van der Waals surface area contributed by atoms with E-state index in [9.17, 15) is 22.4 Å². The van der Waals surface area contributed by atoms with Crippen LogP contribution in [0.25, 0.3) is 0 Å². The zero-order valence-electron chi connectivity index (χ0n) is 15.4. The Balaban J connectivity index is 1.49. The molecule has 28 heavy (non-hydrogen) atoms. The Hall–Kier alpha value is -2.68. The molecule has 5 nitrogen and oxygen atoms in total. The Morgan fingerprint density at radius 2 is 1.93 bits per heavy atom. The number of carbonyl (C=O) groups excluding carboxylic acids is 1. The van der Waals surface area contributed by atoms with Gasteiger partial charge in [-0.05, 0) is 30.7 Å². The highest BCUT2D eigenvalue weighted by Gasteiger charge is 2.33. The lowest BCUT2D eigenvalue weighted by Gasteiger charge is -2.28. The number of amides is 1. The maximum Gasteiger partial charge on any atom is 0.419 e. The van der Waals surface area contributed by atoms with E-state index in [0.717, 1.165) is 17.2 Å². The number of nitrogens with one attached hydrogen (secondary N) is 3. The predicted octanol–water partition coefficient (Wildman–Crippen LogP) is 1.31. The highest BCUT2D eigenvalue weighted by Crippen LogP contribution is 2.28. The van der Waals surface area contributed by atoms with Crippen molar-refractivity contribution in [2.24, 2.45) is 0 Å². The van der Waals surface area contributed by atoms with Gasteiger partial charge in [0.15, 0.2) is 6.54 Å². The third kappa shape index (κ3) is 4.98. The van der Waals surface area contributed by atoms with E-state index < -0.39 is 11.7 Å². The number of nitrogens with zero attached hydrogens (tertiary/aromatic N) is 1. The van der Waals surface area contributed by atoms with Crippen LogP contribution in [-0.2, 0) is 11.0 Å². The van der Waals surface area contributed by atoms with Crippen LogP contribution in [-0.4, -0.2) is 38.6 Å². The quantitative estimate of drug-likeness (QED) is 0.764. The minimum atomic E-state index is -4.37. The molecular formula is C19H22F4N4O+2. The van der Waals surface area contributed by atoms with Crippen molar-refractivity contribution in [2.45, 2.75) is 13.1 Å². The number of carbonyl (C=O) groups is 1. The number of aromatic amines is 1. The van der Waals surface area contributed by atoms with Crippen LogP contribution in [0.1, 0.15) is 11.1 Å². The van der Waals surface area contributed by atoms with E-state index in [1.54, 1.807) is 19.1 Å². The Morgan fingerprint density at radius 1 is 1.21 bits per heavy atom. The van der Waals surface area contributed by atoms with Crippen molar-refractivity contribution >= 4 is 17.4 Å². The van der Waals surface area contributed by atoms with Gasteiger partial charge < -0.3 is 10.2 Å². The Labute approximate surface area is 160 Å². The summed E-state index contributed by atoms with van der Waals surface area (Å²) in [7, 11) is 0. The van der Waals surface area contributed by atoms with Gasteiger partial charge in [-0.15, -0.1) is 0 Å². The smallest absolute Gasteiger partial charge is 0.321 e. The zero-order valence-corrected chi connectivity index (χ0v) is 15.4. The Bertz CT molecular complexity index is 831. The van der Waals surface area contributed by atoms with Gasteiger partial charge in [0.2, 0.25) is 0 Å². The highest BCUT2D eigenvalue weighted by atomic mass is 19.4. The SMILES string of the molecule is Cc1ccc(NC(=O)C[NH+]2CCN(c3ccc(C(F)(F)F)c[nH+]3)CC2)cc1F. The van der Waals surface area contributed by atoms with E-state index >= 15 is 0 Å². The van der Waals surface area contributed by atoms with Crippen LogP contribution in [0.5, 0.6) is 0 Å². The van der Waals surface area contributed by atoms with Crippen LogP contribution in [0.3, 0.4) is 0 Å². The first-order valence-electron chi connectivity index (χ1n) is 8.96. The van der Waals surface area contributed by atoms with Crippen molar-refractivity contribution in [1.29, 1.82) is 0 Å². The summed E-state index contributed by atoms with van der Waals surface area (Å²) in [5.41, 5.74) is 0.218. The van der Waals surface area contributed by atoms with E-state index in [0.29, 0.717) is 43.2 Å². The van der Waals surface area contributed by atoms with Crippen molar-refractivity contribution in [2.75, 3.05) is 42.9 Å². The maximum atomic E-state index is 13.6. The third-order valence-corrected chi connectivity index (χ3v) is 4.80. The number of halogens is 4. The van der Waals surface area contributed by atoms with E-state index in [2.05, 4.69) is 10.3 Å². The molecule has 150 valence electrons. The summed E-state index contributed by atoms with van der Waals surface area (Å²) in [6, 6.07) is 7.04. The molecule has 3 rings (SSSR count). The number of aryl methyl sites for hydroxylation is 1. The lowest BCUT2D eigenvalue weighted by atomic mass is 10.2.